The van der Waals surface area contributed by atoms with Crippen molar-refractivity contribution >= 4 is 34.3 Å². The van der Waals surface area contributed by atoms with Crippen molar-refractivity contribution in [2.24, 2.45) is 0 Å². The van der Waals surface area contributed by atoms with E-state index in [4.69, 9.17) is 26.6 Å². The van der Waals surface area contributed by atoms with Gasteiger partial charge in [0.2, 0.25) is 5.60 Å². The zero-order valence-corrected chi connectivity index (χ0v) is 16.4. The minimum Gasteiger partial charge on any atom is -0.439 e. The third-order valence-corrected chi connectivity index (χ3v) is 4.87. The molecule has 0 radical (unpaired) electrons. The molecular formula is C17H15ClF3N5O4. The van der Waals surface area contributed by atoms with E-state index in [-0.39, 0.29) is 42.2 Å². The van der Waals surface area contributed by atoms with Crippen molar-refractivity contribution in [3.05, 3.63) is 23.0 Å². The first kappa shape index (κ1) is 20.4. The van der Waals surface area contributed by atoms with Gasteiger partial charge in [-0.25, -0.2) is 9.78 Å². The molecule has 1 aliphatic rings. The zero-order valence-electron chi connectivity index (χ0n) is 15.7. The maximum absolute atomic E-state index is 12.7. The van der Waals surface area contributed by atoms with Crippen molar-refractivity contribution in [2.75, 3.05) is 18.9 Å². The maximum atomic E-state index is 12.7. The number of pyridine rings is 1. The lowest BCUT2D eigenvalue weighted by Crippen LogP contribution is -2.51. The Hall–Kier alpha value is -2.86. The molecule has 1 saturated heterocycles. The number of ether oxygens (including phenoxy) is 2. The molecule has 3 aromatic rings. The predicted molar refractivity (Wildman–Crippen MR) is 97.5 cm³/mol. The normalized spacial score (nSPS) is 16.1. The van der Waals surface area contributed by atoms with Crippen LogP contribution in [0.15, 0.2) is 16.8 Å². The fraction of sp³-hybridized carbons (Fsp3) is 0.412. The number of nitrogens with two attached hydrogens (primary N) is 1. The number of fused-ring (bicyclic) bond motifs is 1. The number of rotatable bonds is 4. The van der Waals surface area contributed by atoms with Crippen LogP contribution in [-0.4, -0.2) is 45.3 Å². The molecule has 0 atom stereocenters. The smallest absolute Gasteiger partial charge is 0.439 e. The molecule has 0 saturated carbocycles. The highest BCUT2D eigenvalue weighted by molar-refractivity contribution is 6.35. The average Bonchev–Trinajstić information content (AvgIpc) is 3.25. The highest BCUT2D eigenvalue weighted by Crippen LogP contribution is 2.40. The van der Waals surface area contributed by atoms with Crippen molar-refractivity contribution in [2.45, 2.75) is 31.7 Å². The second kappa shape index (κ2) is 6.84. The highest BCUT2D eigenvalue weighted by Gasteiger charge is 2.53. The van der Waals surface area contributed by atoms with E-state index in [1.165, 1.54) is 12.3 Å². The lowest BCUT2D eigenvalue weighted by Gasteiger charge is -2.38. The van der Waals surface area contributed by atoms with Gasteiger partial charge in [-0.2, -0.15) is 18.3 Å². The van der Waals surface area contributed by atoms with Crippen molar-refractivity contribution < 1.29 is 32.0 Å². The van der Waals surface area contributed by atoms with E-state index < -0.39 is 17.7 Å². The fourth-order valence-corrected chi connectivity index (χ4v) is 3.32. The number of alkyl halides is 3. The Morgan fingerprint density at radius 3 is 2.67 bits per heavy atom. The van der Waals surface area contributed by atoms with Gasteiger partial charge in [0.1, 0.15) is 17.2 Å². The topological polar surface area (TPSA) is 118 Å². The first-order chi connectivity index (χ1) is 14.0. The number of hydrogen-bond acceptors (Lipinski definition) is 8. The number of esters is 1. The van der Waals surface area contributed by atoms with Crippen molar-refractivity contribution in [1.82, 2.24) is 19.9 Å². The molecule has 13 heteroatoms. The highest BCUT2D eigenvalue weighted by atomic mass is 35.5. The third kappa shape index (κ3) is 3.16. The van der Waals surface area contributed by atoms with Gasteiger partial charge in [0, 0.05) is 12.1 Å². The quantitative estimate of drug-likeness (QED) is 0.608. The van der Waals surface area contributed by atoms with Crippen LogP contribution in [0.3, 0.4) is 0 Å². The SMILES string of the molecule is CC(C)n1nc(-c2cc(C3(OC(=O)C(F)(F)F)COC3)on2)c2c(N)ncc(Cl)c21. The van der Waals surface area contributed by atoms with Crippen LogP contribution in [0.25, 0.3) is 22.3 Å². The number of anilines is 1. The van der Waals surface area contributed by atoms with E-state index >= 15 is 0 Å². The molecule has 4 heterocycles. The number of halogens is 4. The van der Waals surface area contributed by atoms with Gasteiger partial charge in [-0.3, -0.25) is 4.68 Å². The summed E-state index contributed by atoms with van der Waals surface area (Å²) >= 11 is 6.29. The lowest BCUT2D eigenvalue weighted by atomic mass is 9.97. The van der Waals surface area contributed by atoms with Gasteiger partial charge in [0.05, 0.1) is 35.3 Å². The average molecular weight is 446 g/mol. The number of aromatic nitrogens is 4. The number of nitrogen functional groups attached to an aromatic ring is 1. The molecule has 0 aromatic carbocycles. The number of carbonyl (C=O) groups excluding carboxylic acids is 1. The van der Waals surface area contributed by atoms with Gasteiger partial charge in [0.25, 0.3) is 0 Å². The summed E-state index contributed by atoms with van der Waals surface area (Å²) in [7, 11) is 0. The predicted octanol–water partition coefficient (Wildman–Crippen LogP) is 3.23. The summed E-state index contributed by atoms with van der Waals surface area (Å²) in [5.41, 5.74) is 5.27. The van der Waals surface area contributed by atoms with Crippen LogP contribution < -0.4 is 5.73 Å². The fourth-order valence-electron chi connectivity index (χ4n) is 3.09. The molecular weight excluding hydrogens is 431 g/mol. The van der Waals surface area contributed by atoms with Gasteiger partial charge in [0.15, 0.2) is 5.76 Å². The molecule has 0 bridgehead atoms. The van der Waals surface area contributed by atoms with Crippen molar-refractivity contribution in [1.29, 1.82) is 0 Å². The summed E-state index contributed by atoms with van der Waals surface area (Å²) in [5.74, 6) is -2.31. The Labute approximate surface area is 171 Å². The summed E-state index contributed by atoms with van der Waals surface area (Å²) < 4.78 is 54.4. The van der Waals surface area contributed by atoms with Gasteiger partial charge in [-0.05, 0) is 13.8 Å². The van der Waals surface area contributed by atoms with E-state index in [1.54, 1.807) is 4.68 Å². The molecule has 2 N–H and O–H groups in total. The van der Waals surface area contributed by atoms with Crippen LogP contribution in [-0.2, 0) is 19.9 Å². The largest absolute Gasteiger partial charge is 0.490 e. The molecule has 0 unspecified atom stereocenters. The van der Waals surface area contributed by atoms with Crippen molar-refractivity contribution in [3.63, 3.8) is 0 Å². The second-order valence-electron chi connectivity index (χ2n) is 7.05. The second-order valence-corrected chi connectivity index (χ2v) is 7.46. The van der Waals surface area contributed by atoms with Crippen LogP contribution in [0.2, 0.25) is 5.02 Å². The minimum absolute atomic E-state index is 0.0916. The van der Waals surface area contributed by atoms with Gasteiger partial charge in [-0.15, -0.1) is 0 Å². The van der Waals surface area contributed by atoms with Crippen LogP contribution in [0, 0.1) is 0 Å². The van der Waals surface area contributed by atoms with Gasteiger partial charge < -0.3 is 19.7 Å². The Morgan fingerprint density at radius 2 is 2.10 bits per heavy atom. The molecule has 30 heavy (non-hydrogen) atoms. The summed E-state index contributed by atoms with van der Waals surface area (Å²) in [6.45, 7) is 3.16. The Balaban J connectivity index is 1.79. The van der Waals surface area contributed by atoms with E-state index in [0.717, 1.165) is 0 Å². The van der Waals surface area contributed by atoms with Crippen LogP contribution in [0.4, 0.5) is 19.0 Å². The standard InChI is InChI=1S/C17H15ClF3N5O4/c1-7(2)26-13-8(18)4-23-14(22)11(13)12(24-26)9-3-10(30-25-9)16(5-28-6-16)29-15(27)17(19,20)21/h3-4,7H,5-6H2,1-2H3,(H2,22,23). The van der Waals surface area contributed by atoms with E-state index in [1.807, 2.05) is 13.8 Å². The summed E-state index contributed by atoms with van der Waals surface area (Å²) in [6, 6.07) is 1.24. The van der Waals surface area contributed by atoms with E-state index in [0.29, 0.717) is 15.9 Å². The molecule has 4 rings (SSSR count). The summed E-state index contributed by atoms with van der Waals surface area (Å²) in [4.78, 5) is 15.4. The molecule has 0 aliphatic carbocycles. The van der Waals surface area contributed by atoms with Gasteiger partial charge >= 0.3 is 12.1 Å². The molecule has 3 aromatic heterocycles. The monoisotopic (exact) mass is 445 g/mol. The summed E-state index contributed by atoms with van der Waals surface area (Å²) in [6.07, 6.45) is -3.76. The maximum Gasteiger partial charge on any atom is 0.490 e. The van der Waals surface area contributed by atoms with E-state index in [2.05, 4.69) is 20.0 Å². The summed E-state index contributed by atoms with van der Waals surface area (Å²) in [5, 5.41) is 9.12. The Bertz CT molecular complexity index is 1140. The first-order valence-electron chi connectivity index (χ1n) is 8.71. The van der Waals surface area contributed by atoms with Gasteiger partial charge in [-0.1, -0.05) is 16.8 Å². The molecule has 9 nitrogen and oxygen atoms in total. The lowest BCUT2D eigenvalue weighted by molar-refractivity contribution is -0.255. The molecule has 160 valence electrons. The number of hydrogen-bond donors (Lipinski definition) is 1. The van der Waals surface area contributed by atoms with Crippen LogP contribution in [0.1, 0.15) is 25.6 Å². The molecule has 1 aliphatic heterocycles. The Kier molecular flexibility index (Phi) is 4.66. The minimum atomic E-state index is -5.16. The van der Waals surface area contributed by atoms with Crippen molar-refractivity contribution in [3.8, 4) is 11.4 Å². The first-order valence-corrected chi connectivity index (χ1v) is 9.09. The van der Waals surface area contributed by atoms with Crippen LogP contribution >= 0.6 is 11.6 Å². The Morgan fingerprint density at radius 1 is 1.40 bits per heavy atom. The molecule has 0 spiro atoms. The zero-order chi connectivity index (χ0) is 21.8. The number of carbonyl (C=O) groups is 1. The third-order valence-electron chi connectivity index (χ3n) is 4.59. The van der Waals surface area contributed by atoms with E-state index in [9.17, 15) is 18.0 Å². The molecule has 0 amide bonds. The molecule has 1 fully saturated rings. The number of nitrogens with zero attached hydrogens (tertiary/aromatic N) is 4. The van der Waals surface area contributed by atoms with Crippen LogP contribution in [0.5, 0.6) is 0 Å².